The molecular weight excluding hydrogens is 430 g/mol. The molecule has 2 heterocycles. The molecular formula is C27H27N3O4. The van der Waals surface area contributed by atoms with Gasteiger partial charge in [-0.05, 0) is 42.0 Å². The molecule has 7 heteroatoms. The number of carbonyl (C=O) groups is 2. The molecule has 5 rings (SSSR count). The number of fused-ring (bicyclic) bond motifs is 3. The number of hydrogen-bond acceptors (Lipinski definition) is 5. The van der Waals surface area contributed by atoms with Crippen LogP contribution in [0.2, 0.25) is 0 Å². The Morgan fingerprint density at radius 1 is 0.971 bits per heavy atom. The number of nitrogens with zero attached hydrogens (tertiary/aromatic N) is 3. The molecule has 0 atom stereocenters. The van der Waals surface area contributed by atoms with Gasteiger partial charge in [-0.3, -0.25) is 24.1 Å². The molecule has 0 unspecified atom stereocenters. The average Bonchev–Trinajstić information content (AvgIpc) is 2.99. The number of hydrogen-bond donors (Lipinski definition) is 0. The summed E-state index contributed by atoms with van der Waals surface area (Å²) in [6.07, 6.45) is 3.56. The minimum Gasteiger partial charge on any atom is -0.464 e. The summed E-state index contributed by atoms with van der Waals surface area (Å²) in [4.78, 5) is 38.9. The third-order valence-corrected chi connectivity index (χ3v) is 6.73. The van der Waals surface area contributed by atoms with E-state index in [1.54, 1.807) is 18.0 Å². The SMILES string of the molecule is CC(=O)OCCN1CN(C2c3ccccc3CCc3ccccc32)n2ccc(=O)c(C)c2C1=O. The fourth-order valence-electron chi connectivity index (χ4n) is 5.05. The van der Waals surface area contributed by atoms with E-state index in [0.29, 0.717) is 17.9 Å². The van der Waals surface area contributed by atoms with Gasteiger partial charge < -0.3 is 9.64 Å². The Balaban J connectivity index is 1.68. The highest BCUT2D eigenvalue weighted by molar-refractivity contribution is 5.95. The number of ether oxygens (including phenoxy) is 1. The second-order valence-electron chi connectivity index (χ2n) is 8.79. The molecule has 34 heavy (non-hydrogen) atoms. The third kappa shape index (κ3) is 3.77. The first kappa shape index (κ1) is 21.9. The quantitative estimate of drug-likeness (QED) is 0.564. The maximum atomic E-state index is 13.5. The number of aromatic nitrogens is 1. The van der Waals surface area contributed by atoms with Gasteiger partial charge in [0, 0.05) is 24.8 Å². The van der Waals surface area contributed by atoms with Crippen LogP contribution >= 0.6 is 0 Å². The van der Waals surface area contributed by atoms with Crippen LogP contribution in [0.4, 0.5) is 0 Å². The van der Waals surface area contributed by atoms with Gasteiger partial charge in [-0.2, -0.15) is 0 Å². The zero-order valence-electron chi connectivity index (χ0n) is 19.4. The molecule has 2 aliphatic rings. The van der Waals surface area contributed by atoms with Gasteiger partial charge in [-0.15, -0.1) is 0 Å². The van der Waals surface area contributed by atoms with Gasteiger partial charge in [-0.25, -0.2) is 0 Å². The van der Waals surface area contributed by atoms with E-state index in [1.807, 2.05) is 16.8 Å². The van der Waals surface area contributed by atoms with Crippen molar-refractivity contribution in [1.29, 1.82) is 0 Å². The fraction of sp³-hybridized carbons (Fsp3) is 0.296. The average molecular weight is 458 g/mol. The van der Waals surface area contributed by atoms with Crippen LogP contribution in [0.3, 0.4) is 0 Å². The van der Waals surface area contributed by atoms with Crippen LogP contribution in [0.5, 0.6) is 0 Å². The first-order valence-electron chi connectivity index (χ1n) is 11.5. The normalized spacial score (nSPS) is 15.3. The molecule has 0 saturated carbocycles. The second-order valence-corrected chi connectivity index (χ2v) is 8.79. The molecule has 0 N–H and O–H groups in total. The van der Waals surface area contributed by atoms with Crippen molar-refractivity contribution in [2.45, 2.75) is 32.7 Å². The summed E-state index contributed by atoms with van der Waals surface area (Å²) < 4.78 is 6.97. The Hall–Kier alpha value is -3.87. The maximum absolute atomic E-state index is 13.5. The van der Waals surface area contributed by atoms with Gasteiger partial charge in [-0.1, -0.05) is 48.5 Å². The first-order valence-corrected chi connectivity index (χ1v) is 11.5. The number of amides is 1. The summed E-state index contributed by atoms with van der Waals surface area (Å²) in [5.41, 5.74) is 5.49. The second kappa shape index (κ2) is 8.82. The Morgan fingerprint density at radius 3 is 2.21 bits per heavy atom. The van der Waals surface area contributed by atoms with E-state index < -0.39 is 0 Å². The van der Waals surface area contributed by atoms with Crippen molar-refractivity contribution < 1.29 is 14.3 Å². The van der Waals surface area contributed by atoms with Crippen molar-refractivity contribution in [3.63, 3.8) is 0 Å². The zero-order valence-corrected chi connectivity index (χ0v) is 19.4. The van der Waals surface area contributed by atoms with E-state index in [1.165, 1.54) is 35.2 Å². The fourth-order valence-corrected chi connectivity index (χ4v) is 5.05. The van der Waals surface area contributed by atoms with Crippen LogP contribution in [0.25, 0.3) is 0 Å². The van der Waals surface area contributed by atoms with E-state index in [2.05, 4.69) is 41.4 Å². The molecule has 0 spiro atoms. The molecule has 0 radical (unpaired) electrons. The molecule has 0 bridgehead atoms. The number of esters is 1. The maximum Gasteiger partial charge on any atom is 0.302 e. The lowest BCUT2D eigenvalue weighted by molar-refractivity contribution is -0.141. The molecule has 1 aliphatic heterocycles. The van der Waals surface area contributed by atoms with Crippen LogP contribution < -0.4 is 10.4 Å². The minimum absolute atomic E-state index is 0.100. The topological polar surface area (TPSA) is 71.8 Å². The highest BCUT2D eigenvalue weighted by atomic mass is 16.5. The van der Waals surface area contributed by atoms with Gasteiger partial charge in [0.2, 0.25) is 0 Å². The number of rotatable bonds is 4. The number of carbonyl (C=O) groups excluding carboxylic acids is 2. The lowest BCUT2D eigenvalue weighted by Crippen LogP contribution is -2.56. The van der Waals surface area contributed by atoms with E-state index in [9.17, 15) is 14.4 Å². The molecule has 7 nitrogen and oxygen atoms in total. The Kier molecular flexibility index (Phi) is 5.69. The molecule has 1 aromatic heterocycles. The minimum atomic E-state index is -0.388. The summed E-state index contributed by atoms with van der Waals surface area (Å²) in [5.74, 6) is -0.630. The van der Waals surface area contributed by atoms with E-state index >= 15 is 0 Å². The molecule has 0 fully saturated rings. The van der Waals surface area contributed by atoms with Crippen molar-refractivity contribution in [2.75, 3.05) is 24.8 Å². The Labute approximate surface area is 198 Å². The predicted molar refractivity (Wildman–Crippen MR) is 128 cm³/mol. The molecule has 3 aromatic rings. The molecule has 1 amide bonds. The van der Waals surface area contributed by atoms with Gasteiger partial charge >= 0.3 is 5.97 Å². The third-order valence-electron chi connectivity index (χ3n) is 6.73. The first-order chi connectivity index (χ1) is 16.5. The lowest BCUT2D eigenvalue weighted by Gasteiger charge is -2.44. The number of pyridine rings is 1. The predicted octanol–water partition coefficient (Wildman–Crippen LogP) is 2.96. The standard InChI is InChI=1S/C27H27N3O4/c1-18-24(32)13-14-29-25(18)27(33)28(15-16-34-19(2)31)17-30(29)26-22-9-5-3-7-20(22)11-12-21-8-4-6-10-23(21)26/h3-10,13-14,26H,11-12,15-17H2,1-2H3. The molecule has 2 aromatic carbocycles. The molecule has 1 aliphatic carbocycles. The summed E-state index contributed by atoms with van der Waals surface area (Å²) >= 11 is 0. The summed E-state index contributed by atoms with van der Waals surface area (Å²) in [5, 5.41) is 2.14. The monoisotopic (exact) mass is 457 g/mol. The summed E-state index contributed by atoms with van der Waals surface area (Å²) in [6.45, 7) is 3.68. The largest absolute Gasteiger partial charge is 0.464 e. The van der Waals surface area contributed by atoms with Crippen molar-refractivity contribution in [2.24, 2.45) is 0 Å². The van der Waals surface area contributed by atoms with Crippen molar-refractivity contribution in [3.8, 4) is 0 Å². The van der Waals surface area contributed by atoms with E-state index in [4.69, 9.17) is 4.74 Å². The summed E-state index contributed by atoms with van der Waals surface area (Å²) in [6, 6.07) is 18.2. The van der Waals surface area contributed by atoms with Crippen molar-refractivity contribution in [3.05, 3.63) is 105 Å². The van der Waals surface area contributed by atoms with E-state index in [0.717, 1.165) is 12.8 Å². The molecule has 0 saturated heterocycles. The zero-order chi connectivity index (χ0) is 23.8. The van der Waals surface area contributed by atoms with Crippen molar-refractivity contribution >= 4 is 11.9 Å². The van der Waals surface area contributed by atoms with Crippen molar-refractivity contribution in [1.82, 2.24) is 9.58 Å². The number of benzene rings is 2. The number of aryl methyl sites for hydroxylation is 2. The Morgan fingerprint density at radius 2 is 1.59 bits per heavy atom. The van der Waals surface area contributed by atoms with Crippen LogP contribution in [0, 0.1) is 6.92 Å². The Bertz CT molecular complexity index is 1280. The van der Waals surface area contributed by atoms with Gasteiger partial charge in [0.25, 0.3) is 5.91 Å². The van der Waals surface area contributed by atoms with Gasteiger partial charge in [0.1, 0.15) is 19.0 Å². The van der Waals surface area contributed by atoms with Gasteiger partial charge in [0.05, 0.1) is 12.6 Å². The van der Waals surface area contributed by atoms with Crippen LogP contribution in [0.15, 0.2) is 65.6 Å². The highest BCUT2D eigenvalue weighted by Gasteiger charge is 2.37. The van der Waals surface area contributed by atoms with E-state index in [-0.39, 0.29) is 36.5 Å². The lowest BCUT2D eigenvalue weighted by atomic mass is 9.94. The van der Waals surface area contributed by atoms with Crippen LogP contribution in [-0.2, 0) is 22.4 Å². The van der Waals surface area contributed by atoms with Crippen LogP contribution in [0.1, 0.15) is 51.3 Å². The highest BCUT2D eigenvalue weighted by Crippen LogP contribution is 2.37. The smallest absolute Gasteiger partial charge is 0.302 e. The molecule has 174 valence electrons. The van der Waals surface area contributed by atoms with Crippen LogP contribution in [-0.4, -0.2) is 41.3 Å². The van der Waals surface area contributed by atoms with Gasteiger partial charge in [0.15, 0.2) is 5.43 Å². The summed E-state index contributed by atoms with van der Waals surface area (Å²) in [7, 11) is 0.